The molecule has 17 heavy (non-hydrogen) atoms. The summed E-state index contributed by atoms with van der Waals surface area (Å²) in [6.45, 7) is 2.35. The van der Waals surface area contributed by atoms with Crippen LogP contribution in [0.4, 0.5) is 0 Å². The third kappa shape index (κ3) is 2.93. The van der Waals surface area contributed by atoms with Gasteiger partial charge >= 0.3 is 0 Å². The van der Waals surface area contributed by atoms with E-state index in [1.807, 2.05) is 25.1 Å². The zero-order valence-electron chi connectivity index (χ0n) is 9.64. The maximum absolute atomic E-state index is 11.1. The molecule has 0 fully saturated rings. The molecule has 0 radical (unpaired) electrons. The summed E-state index contributed by atoms with van der Waals surface area (Å²) in [6, 6.07) is 5.73. The second-order valence-corrected chi connectivity index (χ2v) is 3.69. The Morgan fingerprint density at radius 3 is 2.88 bits per heavy atom. The van der Waals surface area contributed by atoms with Crippen LogP contribution < -0.4 is 5.32 Å². The van der Waals surface area contributed by atoms with Gasteiger partial charge < -0.3 is 9.73 Å². The molecule has 2 heterocycles. The molecular formula is C13H14N2O2. The fourth-order valence-electron chi connectivity index (χ4n) is 1.44. The number of nitrogens with zero attached hydrogens (tertiary/aromatic N) is 1. The number of nitrogens with one attached hydrogen (secondary N) is 1. The molecule has 2 aromatic rings. The number of furan rings is 1. The SMILES string of the molecule is CCC(=O)NCc1ccc(-c2ccoc2)nc1. The number of pyridine rings is 1. The van der Waals surface area contributed by atoms with E-state index in [4.69, 9.17) is 4.42 Å². The Bertz CT molecular complexity index is 475. The molecule has 88 valence electrons. The fraction of sp³-hybridized carbons (Fsp3) is 0.231. The topological polar surface area (TPSA) is 55.1 Å². The molecule has 4 nitrogen and oxygen atoms in total. The Hall–Kier alpha value is -2.10. The maximum Gasteiger partial charge on any atom is 0.219 e. The second-order valence-electron chi connectivity index (χ2n) is 3.69. The van der Waals surface area contributed by atoms with Gasteiger partial charge in [0.15, 0.2) is 0 Å². The largest absolute Gasteiger partial charge is 0.472 e. The van der Waals surface area contributed by atoms with Crippen molar-refractivity contribution in [3.8, 4) is 11.3 Å². The molecular weight excluding hydrogens is 216 g/mol. The number of carbonyl (C=O) groups excluding carboxylic acids is 1. The zero-order valence-corrected chi connectivity index (χ0v) is 9.64. The third-order valence-electron chi connectivity index (χ3n) is 2.45. The predicted octanol–water partition coefficient (Wildman–Crippen LogP) is 2.37. The average Bonchev–Trinajstić information content (AvgIpc) is 2.90. The molecule has 1 amide bonds. The Balaban J connectivity index is 2.01. The maximum atomic E-state index is 11.1. The Kier molecular flexibility index (Phi) is 3.55. The molecule has 0 spiro atoms. The van der Waals surface area contributed by atoms with E-state index in [0.717, 1.165) is 16.8 Å². The minimum atomic E-state index is 0.0453. The molecule has 0 bridgehead atoms. The van der Waals surface area contributed by atoms with Gasteiger partial charge in [-0.15, -0.1) is 0 Å². The van der Waals surface area contributed by atoms with Crippen LogP contribution in [0.1, 0.15) is 18.9 Å². The molecule has 0 unspecified atom stereocenters. The highest BCUT2D eigenvalue weighted by Crippen LogP contribution is 2.16. The smallest absolute Gasteiger partial charge is 0.219 e. The van der Waals surface area contributed by atoms with Crippen molar-refractivity contribution in [1.29, 1.82) is 0 Å². The van der Waals surface area contributed by atoms with Crippen molar-refractivity contribution in [1.82, 2.24) is 10.3 Å². The van der Waals surface area contributed by atoms with Gasteiger partial charge in [0.05, 0.1) is 18.2 Å². The van der Waals surface area contributed by atoms with E-state index in [2.05, 4.69) is 10.3 Å². The summed E-state index contributed by atoms with van der Waals surface area (Å²) in [6.07, 6.45) is 5.53. The van der Waals surface area contributed by atoms with Crippen LogP contribution >= 0.6 is 0 Å². The molecule has 2 aromatic heterocycles. The van der Waals surface area contributed by atoms with Crippen LogP contribution in [0, 0.1) is 0 Å². The van der Waals surface area contributed by atoms with Crippen LogP contribution in [0.25, 0.3) is 11.3 Å². The minimum absolute atomic E-state index is 0.0453. The van der Waals surface area contributed by atoms with Crippen LogP contribution in [-0.4, -0.2) is 10.9 Å². The summed E-state index contributed by atoms with van der Waals surface area (Å²) < 4.78 is 5.00. The standard InChI is InChI=1S/C13H14N2O2/c1-2-13(16)15-8-10-3-4-12(14-7-10)11-5-6-17-9-11/h3-7,9H,2,8H2,1H3,(H,15,16). The molecule has 0 saturated heterocycles. The van der Waals surface area contributed by atoms with Crippen molar-refractivity contribution in [3.63, 3.8) is 0 Å². The highest BCUT2D eigenvalue weighted by atomic mass is 16.3. The van der Waals surface area contributed by atoms with E-state index in [9.17, 15) is 4.79 Å². The van der Waals surface area contributed by atoms with Gasteiger partial charge in [-0.2, -0.15) is 0 Å². The Morgan fingerprint density at radius 1 is 1.41 bits per heavy atom. The van der Waals surface area contributed by atoms with Crippen LogP contribution in [0.5, 0.6) is 0 Å². The highest BCUT2D eigenvalue weighted by molar-refractivity contribution is 5.75. The van der Waals surface area contributed by atoms with Crippen LogP contribution in [0.15, 0.2) is 41.3 Å². The summed E-state index contributed by atoms with van der Waals surface area (Å²) in [5.41, 5.74) is 2.80. The van der Waals surface area contributed by atoms with E-state index in [0.29, 0.717) is 13.0 Å². The summed E-state index contributed by atoms with van der Waals surface area (Å²) in [4.78, 5) is 15.4. The lowest BCUT2D eigenvalue weighted by atomic mass is 10.2. The molecule has 4 heteroatoms. The van der Waals surface area contributed by atoms with Crippen LogP contribution in [-0.2, 0) is 11.3 Å². The summed E-state index contributed by atoms with van der Waals surface area (Å²) in [7, 11) is 0. The van der Waals surface area contributed by atoms with E-state index >= 15 is 0 Å². The van der Waals surface area contributed by atoms with Gasteiger partial charge in [0.1, 0.15) is 0 Å². The van der Waals surface area contributed by atoms with Gasteiger partial charge in [-0.05, 0) is 17.7 Å². The fourth-order valence-corrected chi connectivity index (χ4v) is 1.44. The normalized spacial score (nSPS) is 10.2. The zero-order chi connectivity index (χ0) is 12.1. The number of carbonyl (C=O) groups is 1. The van der Waals surface area contributed by atoms with E-state index in [1.165, 1.54) is 0 Å². The lowest BCUT2D eigenvalue weighted by molar-refractivity contribution is -0.120. The van der Waals surface area contributed by atoms with Crippen LogP contribution in [0.3, 0.4) is 0 Å². The van der Waals surface area contributed by atoms with Gasteiger partial charge in [0.2, 0.25) is 5.91 Å². The lowest BCUT2D eigenvalue weighted by Crippen LogP contribution is -2.21. The first-order valence-corrected chi connectivity index (χ1v) is 5.54. The van der Waals surface area contributed by atoms with E-state index in [-0.39, 0.29) is 5.91 Å². The van der Waals surface area contributed by atoms with E-state index < -0.39 is 0 Å². The summed E-state index contributed by atoms with van der Waals surface area (Å²) in [5.74, 6) is 0.0453. The van der Waals surface area contributed by atoms with Gasteiger partial charge in [-0.3, -0.25) is 9.78 Å². The quantitative estimate of drug-likeness (QED) is 0.877. The number of hydrogen-bond donors (Lipinski definition) is 1. The molecule has 0 aliphatic heterocycles. The molecule has 0 saturated carbocycles. The first-order chi connectivity index (χ1) is 8.29. The minimum Gasteiger partial charge on any atom is -0.472 e. The predicted molar refractivity (Wildman–Crippen MR) is 64.1 cm³/mol. The van der Waals surface area contributed by atoms with Gasteiger partial charge in [0.25, 0.3) is 0 Å². The highest BCUT2D eigenvalue weighted by Gasteiger charge is 2.01. The molecule has 0 aliphatic rings. The number of hydrogen-bond acceptors (Lipinski definition) is 3. The number of amides is 1. The Labute approximate surface area is 99.7 Å². The van der Waals surface area contributed by atoms with Crippen molar-refractivity contribution < 1.29 is 9.21 Å². The average molecular weight is 230 g/mol. The molecule has 0 aromatic carbocycles. The first kappa shape index (κ1) is 11.4. The summed E-state index contributed by atoms with van der Waals surface area (Å²) in [5, 5.41) is 2.81. The lowest BCUT2D eigenvalue weighted by Gasteiger charge is -2.04. The number of aromatic nitrogens is 1. The Morgan fingerprint density at radius 2 is 2.29 bits per heavy atom. The van der Waals surface area contributed by atoms with Crippen molar-refractivity contribution in [2.24, 2.45) is 0 Å². The van der Waals surface area contributed by atoms with E-state index in [1.54, 1.807) is 18.7 Å². The van der Waals surface area contributed by atoms with Gasteiger partial charge in [-0.25, -0.2) is 0 Å². The van der Waals surface area contributed by atoms with Crippen molar-refractivity contribution in [2.45, 2.75) is 19.9 Å². The van der Waals surface area contributed by atoms with Crippen molar-refractivity contribution >= 4 is 5.91 Å². The molecule has 0 atom stereocenters. The summed E-state index contributed by atoms with van der Waals surface area (Å²) >= 11 is 0. The van der Waals surface area contributed by atoms with Gasteiger partial charge in [-0.1, -0.05) is 13.0 Å². The molecule has 0 aliphatic carbocycles. The number of rotatable bonds is 4. The van der Waals surface area contributed by atoms with Crippen LogP contribution in [0.2, 0.25) is 0 Å². The van der Waals surface area contributed by atoms with Crippen molar-refractivity contribution in [2.75, 3.05) is 0 Å². The molecule has 1 N–H and O–H groups in total. The van der Waals surface area contributed by atoms with Crippen molar-refractivity contribution in [3.05, 3.63) is 42.5 Å². The second kappa shape index (κ2) is 5.30. The first-order valence-electron chi connectivity index (χ1n) is 5.54. The third-order valence-corrected chi connectivity index (χ3v) is 2.45. The molecule has 2 rings (SSSR count). The monoisotopic (exact) mass is 230 g/mol. The van der Waals surface area contributed by atoms with Gasteiger partial charge in [0, 0.05) is 24.7 Å².